The highest BCUT2D eigenvalue weighted by Gasteiger charge is 2.39. The molecule has 3 rings (SSSR count). The summed E-state index contributed by atoms with van der Waals surface area (Å²) >= 11 is 0. The van der Waals surface area contributed by atoms with Gasteiger partial charge in [0, 0.05) is 5.69 Å². The molecule has 0 spiro atoms. The number of benzene rings is 1. The van der Waals surface area contributed by atoms with Crippen molar-refractivity contribution >= 4 is 11.8 Å². The first-order chi connectivity index (χ1) is 9.31. The van der Waals surface area contributed by atoms with Crippen molar-refractivity contribution in [3.8, 4) is 0 Å². The number of ether oxygens (including phenoxy) is 2. The molecule has 1 saturated heterocycles. The number of rotatable bonds is 2. The number of epoxide rings is 1. The van der Waals surface area contributed by atoms with Gasteiger partial charge in [0.1, 0.15) is 6.10 Å². The van der Waals surface area contributed by atoms with Crippen molar-refractivity contribution in [3.63, 3.8) is 0 Å². The largest absolute Gasteiger partial charge is 0.446 e. The first kappa shape index (κ1) is 12.5. The summed E-state index contributed by atoms with van der Waals surface area (Å²) in [5.74, 6) is 0. The minimum Gasteiger partial charge on any atom is -0.446 e. The van der Waals surface area contributed by atoms with E-state index in [0.29, 0.717) is 12.2 Å². The Bertz CT molecular complexity index is 434. The number of fused-ring (bicyclic) bond motifs is 1. The third-order valence-electron chi connectivity index (χ3n) is 3.77. The van der Waals surface area contributed by atoms with E-state index in [2.05, 4.69) is 5.32 Å². The molecular formula is C15H19NO3. The molecule has 4 nitrogen and oxygen atoms in total. The van der Waals surface area contributed by atoms with Crippen LogP contribution in [0.4, 0.5) is 10.5 Å². The van der Waals surface area contributed by atoms with Gasteiger partial charge in [0.25, 0.3) is 0 Å². The van der Waals surface area contributed by atoms with E-state index in [1.54, 1.807) is 0 Å². The maximum Gasteiger partial charge on any atom is 0.411 e. The molecule has 1 amide bonds. The second-order valence-electron chi connectivity index (χ2n) is 5.24. The van der Waals surface area contributed by atoms with Gasteiger partial charge in [0.15, 0.2) is 0 Å². The van der Waals surface area contributed by atoms with Gasteiger partial charge in [-0.05, 0) is 44.2 Å². The van der Waals surface area contributed by atoms with Gasteiger partial charge in [-0.3, -0.25) is 5.32 Å². The van der Waals surface area contributed by atoms with E-state index >= 15 is 0 Å². The van der Waals surface area contributed by atoms with Crippen LogP contribution in [-0.4, -0.2) is 24.4 Å². The number of nitrogens with one attached hydrogen (secondary N) is 1. The van der Waals surface area contributed by atoms with Crippen LogP contribution in [0, 0.1) is 0 Å². The first-order valence-electron chi connectivity index (χ1n) is 6.99. The van der Waals surface area contributed by atoms with Crippen LogP contribution in [0.2, 0.25) is 0 Å². The molecule has 0 radical (unpaired) electrons. The standard InChI is InChI=1S/C15H19NO3/c17-15(16-11-5-2-1-3-6-11)18-12-7-4-8-13-14(19-13)10-9-12/h1-3,5-6,12-14H,4,7-10H2,(H,16,17). The van der Waals surface area contributed by atoms with E-state index in [4.69, 9.17) is 9.47 Å². The molecule has 3 atom stereocenters. The Morgan fingerprint density at radius 3 is 2.74 bits per heavy atom. The lowest BCUT2D eigenvalue weighted by molar-refractivity contribution is 0.0946. The summed E-state index contributed by atoms with van der Waals surface area (Å²) in [4.78, 5) is 11.8. The van der Waals surface area contributed by atoms with Crippen LogP contribution in [0.25, 0.3) is 0 Å². The zero-order valence-electron chi connectivity index (χ0n) is 10.9. The SMILES string of the molecule is O=C(Nc1ccccc1)OC1CCCC2OC2CC1. The average molecular weight is 261 g/mol. The van der Waals surface area contributed by atoms with Gasteiger partial charge in [0.05, 0.1) is 12.2 Å². The lowest BCUT2D eigenvalue weighted by atomic mass is 9.99. The number of hydrogen-bond donors (Lipinski definition) is 1. The summed E-state index contributed by atoms with van der Waals surface area (Å²) < 4.78 is 11.0. The second kappa shape index (κ2) is 5.61. The predicted molar refractivity (Wildman–Crippen MR) is 72.1 cm³/mol. The van der Waals surface area contributed by atoms with E-state index in [1.165, 1.54) is 0 Å². The topological polar surface area (TPSA) is 50.9 Å². The van der Waals surface area contributed by atoms with Gasteiger partial charge in [0.2, 0.25) is 0 Å². The van der Waals surface area contributed by atoms with E-state index < -0.39 is 0 Å². The molecule has 1 aliphatic carbocycles. The summed E-state index contributed by atoms with van der Waals surface area (Å²) in [5, 5.41) is 2.75. The van der Waals surface area contributed by atoms with Crippen LogP contribution in [0.1, 0.15) is 32.1 Å². The number of anilines is 1. The van der Waals surface area contributed by atoms with Crippen LogP contribution in [0.15, 0.2) is 30.3 Å². The molecule has 2 fully saturated rings. The van der Waals surface area contributed by atoms with Crippen molar-refractivity contribution in [2.45, 2.75) is 50.4 Å². The maximum absolute atomic E-state index is 11.8. The van der Waals surface area contributed by atoms with Gasteiger partial charge < -0.3 is 9.47 Å². The fraction of sp³-hybridized carbons (Fsp3) is 0.533. The van der Waals surface area contributed by atoms with Gasteiger partial charge in [-0.1, -0.05) is 18.2 Å². The van der Waals surface area contributed by atoms with Gasteiger partial charge >= 0.3 is 6.09 Å². The van der Waals surface area contributed by atoms with Crippen LogP contribution < -0.4 is 5.32 Å². The molecule has 1 aliphatic heterocycles. The van der Waals surface area contributed by atoms with Crippen LogP contribution >= 0.6 is 0 Å². The maximum atomic E-state index is 11.8. The number of para-hydroxylation sites is 1. The molecule has 1 N–H and O–H groups in total. The van der Waals surface area contributed by atoms with Crippen molar-refractivity contribution in [2.24, 2.45) is 0 Å². The Morgan fingerprint density at radius 2 is 1.89 bits per heavy atom. The van der Waals surface area contributed by atoms with Gasteiger partial charge in [-0.2, -0.15) is 0 Å². The summed E-state index contributed by atoms with van der Waals surface area (Å²) in [5.41, 5.74) is 0.768. The number of carbonyl (C=O) groups is 1. The summed E-state index contributed by atoms with van der Waals surface area (Å²) in [7, 11) is 0. The predicted octanol–water partition coefficient (Wildman–Crippen LogP) is 3.34. The molecule has 0 aromatic heterocycles. The molecule has 102 valence electrons. The molecule has 1 aromatic carbocycles. The Hall–Kier alpha value is -1.55. The molecule has 4 heteroatoms. The Balaban J connectivity index is 1.48. The number of hydrogen-bond acceptors (Lipinski definition) is 3. The first-order valence-corrected chi connectivity index (χ1v) is 6.99. The molecule has 2 aliphatic rings. The lowest BCUT2D eigenvalue weighted by Crippen LogP contribution is -2.24. The Morgan fingerprint density at radius 1 is 1.11 bits per heavy atom. The number of carbonyl (C=O) groups excluding carboxylic acids is 1. The second-order valence-corrected chi connectivity index (χ2v) is 5.24. The summed E-state index contributed by atoms with van der Waals surface area (Å²) in [6.07, 6.45) is 5.60. The fourth-order valence-electron chi connectivity index (χ4n) is 2.67. The van der Waals surface area contributed by atoms with Crippen molar-refractivity contribution in [3.05, 3.63) is 30.3 Å². The van der Waals surface area contributed by atoms with Gasteiger partial charge in [-0.25, -0.2) is 4.79 Å². The molecule has 3 unspecified atom stereocenters. The van der Waals surface area contributed by atoms with Crippen molar-refractivity contribution in [2.75, 3.05) is 5.32 Å². The molecule has 1 heterocycles. The van der Waals surface area contributed by atoms with Gasteiger partial charge in [-0.15, -0.1) is 0 Å². The van der Waals surface area contributed by atoms with Crippen LogP contribution in [-0.2, 0) is 9.47 Å². The molecule has 19 heavy (non-hydrogen) atoms. The zero-order chi connectivity index (χ0) is 13.1. The van der Waals surface area contributed by atoms with E-state index in [-0.39, 0.29) is 12.2 Å². The molecule has 0 bridgehead atoms. The monoisotopic (exact) mass is 261 g/mol. The minimum absolute atomic E-state index is 0.0221. The average Bonchev–Trinajstić information content (AvgIpc) is 3.12. The van der Waals surface area contributed by atoms with Crippen LogP contribution in [0.5, 0.6) is 0 Å². The minimum atomic E-state index is -0.356. The molecular weight excluding hydrogens is 242 g/mol. The Labute approximate surface area is 113 Å². The third-order valence-corrected chi connectivity index (χ3v) is 3.77. The normalized spacial score (nSPS) is 29.6. The molecule has 1 saturated carbocycles. The third kappa shape index (κ3) is 3.47. The van der Waals surface area contributed by atoms with E-state index in [1.807, 2.05) is 30.3 Å². The highest BCUT2D eigenvalue weighted by atomic mass is 16.6. The van der Waals surface area contributed by atoms with Crippen molar-refractivity contribution < 1.29 is 14.3 Å². The quantitative estimate of drug-likeness (QED) is 0.831. The Kier molecular flexibility index (Phi) is 3.69. The highest BCUT2D eigenvalue weighted by molar-refractivity contribution is 5.84. The summed E-state index contributed by atoms with van der Waals surface area (Å²) in [6.45, 7) is 0. The highest BCUT2D eigenvalue weighted by Crippen LogP contribution is 2.34. The summed E-state index contributed by atoms with van der Waals surface area (Å²) in [6, 6.07) is 9.38. The van der Waals surface area contributed by atoms with E-state index in [0.717, 1.165) is 37.8 Å². The smallest absolute Gasteiger partial charge is 0.411 e. The fourth-order valence-corrected chi connectivity index (χ4v) is 2.67. The zero-order valence-corrected chi connectivity index (χ0v) is 10.9. The van der Waals surface area contributed by atoms with Crippen molar-refractivity contribution in [1.82, 2.24) is 0 Å². The number of amides is 1. The molecule has 1 aromatic rings. The van der Waals surface area contributed by atoms with E-state index in [9.17, 15) is 4.79 Å². The van der Waals surface area contributed by atoms with Crippen LogP contribution in [0.3, 0.4) is 0 Å². The van der Waals surface area contributed by atoms with Crippen molar-refractivity contribution in [1.29, 1.82) is 0 Å². The lowest BCUT2D eigenvalue weighted by Gasteiger charge is -2.19.